The van der Waals surface area contributed by atoms with E-state index in [1.54, 1.807) is 6.07 Å². The molecule has 6 nitrogen and oxygen atoms in total. The van der Waals surface area contributed by atoms with E-state index in [4.69, 9.17) is 0 Å². The summed E-state index contributed by atoms with van der Waals surface area (Å²) in [6.07, 6.45) is 1.86. The lowest BCUT2D eigenvalue weighted by molar-refractivity contribution is 0.448. The highest BCUT2D eigenvalue weighted by molar-refractivity contribution is 9.10. The number of anilines is 1. The van der Waals surface area contributed by atoms with Crippen molar-refractivity contribution in [1.82, 2.24) is 15.1 Å². The van der Waals surface area contributed by atoms with Gasteiger partial charge in [-0.2, -0.15) is 5.10 Å². The summed E-state index contributed by atoms with van der Waals surface area (Å²) in [6, 6.07) is 3.26. The lowest BCUT2D eigenvalue weighted by Crippen LogP contribution is -2.43. The van der Waals surface area contributed by atoms with Crippen LogP contribution in [0.4, 0.5) is 5.69 Å². The van der Waals surface area contributed by atoms with E-state index in [9.17, 15) is 10.2 Å². The zero-order chi connectivity index (χ0) is 16.6. The van der Waals surface area contributed by atoms with Gasteiger partial charge in [-0.15, -0.1) is 0 Å². The Hall–Kier alpha value is -1.73. The van der Waals surface area contributed by atoms with Crippen LogP contribution in [0.5, 0.6) is 11.5 Å². The van der Waals surface area contributed by atoms with Gasteiger partial charge in [-0.1, -0.05) is 0 Å². The van der Waals surface area contributed by atoms with E-state index in [-0.39, 0.29) is 17.5 Å². The maximum absolute atomic E-state index is 10.4. The number of halogens is 1. The van der Waals surface area contributed by atoms with Crippen molar-refractivity contribution in [2.24, 2.45) is 0 Å². The van der Waals surface area contributed by atoms with Crippen LogP contribution in [0.2, 0.25) is 0 Å². The summed E-state index contributed by atoms with van der Waals surface area (Å²) in [5.41, 5.74) is 2.54. The normalized spacial score (nSPS) is 15.4. The summed E-state index contributed by atoms with van der Waals surface area (Å²) >= 11 is 3.33. The van der Waals surface area contributed by atoms with Crippen LogP contribution >= 0.6 is 15.9 Å². The Labute approximate surface area is 143 Å². The number of hydrogen-bond acceptors (Lipinski definition) is 5. The van der Waals surface area contributed by atoms with Crippen LogP contribution in [0, 0.1) is 0 Å². The lowest BCUT2D eigenvalue weighted by atomic mass is 10.1. The minimum atomic E-state index is 0.0191. The van der Waals surface area contributed by atoms with Crippen molar-refractivity contribution in [1.29, 1.82) is 0 Å². The average Bonchev–Trinajstić information content (AvgIpc) is 2.96. The summed E-state index contributed by atoms with van der Waals surface area (Å²) in [5.74, 6) is 0.0649. The van der Waals surface area contributed by atoms with Crippen LogP contribution in [0.25, 0.3) is 11.3 Å². The molecular formula is C16H21BrN4O2. The third-order valence-corrected chi connectivity index (χ3v) is 4.68. The molecule has 0 aliphatic carbocycles. The van der Waals surface area contributed by atoms with Gasteiger partial charge in [-0.3, -0.25) is 4.68 Å². The van der Waals surface area contributed by atoms with Gasteiger partial charge in [0.25, 0.3) is 0 Å². The highest BCUT2D eigenvalue weighted by Gasteiger charge is 2.23. The first-order valence-electron chi connectivity index (χ1n) is 7.74. The second-order valence-electron chi connectivity index (χ2n) is 5.97. The molecule has 0 atom stereocenters. The first kappa shape index (κ1) is 16.1. The number of nitrogens with one attached hydrogen (secondary N) is 1. The Kier molecular flexibility index (Phi) is 4.50. The molecule has 3 rings (SSSR count). The minimum absolute atomic E-state index is 0.0191. The zero-order valence-electron chi connectivity index (χ0n) is 13.3. The fraction of sp³-hybridized carbons (Fsp3) is 0.438. The number of aromatic nitrogens is 2. The standard InChI is InChI=1S/C16H21BrN4O2/c1-10(2)21-16(11-7-12(17)15(23)8-14(11)22)13(9-19-21)20-5-3-18-4-6-20/h7-10,18,22-23H,3-6H2,1-2H3. The summed E-state index contributed by atoms with van der Waals surface area (Å²) in [7, 11) is 0. The van der Waals surface area contributed by atoms with Crippen molar-refractivity contribution in [2.45, 2.75) is 19.9 Å². The highest BCUT2D eigenvalue weighted by Crippen LogP contribution is 2.42. The summed E-state index contributed by atoms with van der Waals surface area (Å²) in [5, 5.41) is 28.0. The van der Waals surface area contributed by atoms with Gasteiger partial charge in [-0.25, -0.2) is 0 Å². The zero-order valence-corrected chi connectivity index (χ0v) is 14.8. The molecule has 23 heavy (non-hydrogen) atoms. The van der Waals surface area contributed by atoms with Gasteiger partial charge in [0.05, 0.1) is 22.1 Å². The molecule has 1 aromatic heterocycles. The SMILES string of the molecule is CC(C)n1ncc(N2CCNCC2)c1-c1cc(Br)c(O)cc1O. The van der Waals surface area contributed by atoms with E-state index in [1.807, 2.05) is 10.9 Å². The van der Waals surface area contributed by atoms with Crippen molar-refractivity contribution in [3.05, 3.63) is 22.8 Å². The number of aromatic hydroxyl groups is 2. The van der Waals surface area contributed by atoms with E-state index < -0.39 is 0 Å². The molecular weight excluding hydrogens is 360 g/mol. The molecule has 1 aliphatic heterocycles. The molecule has 1 aromatic carbocycles. The molecule has 0 spiro atoms. The summed E-state index contributed by atoms with van der Waals surface area (Å²) in [4.78, 5) is 2.28. The molecule has 2 aromatic rings. The molecule has 1 saturated heterocycles. The predicted octanol–water partition coefficient (Wildman–Crippen LogP) is 2.71. The van der Waals surface area contributed by atoms with Crippen molar-refractivity contribution >= 4 is 21.6 Å². The Morgan fingerprint density at radius 2 is 1.87 bits per heavy atom. The van der Waals surface area contributed by atoms with E-state index >= 15 is 0 Å². The first-order chi connectivity index (χ1) is 11.0. The van der Waals surface area contributed by atoms with Crippen LogP contribution in [0.1, 0.15) is 19.9 Å². The third-order valence-electron chi connectivity index (χ3n) is 4.04. The van der Waals surface area contributed by atoms with Crippen LogP contribution in [-0.2, 0) is 0 Å². The molecule has 0 amide bonds. The van der Waals surface area contributed by atoms with Gasteiger partial charge >= 0.3 is 0 Å². The second kappa shape index (κ2) is 6.41. The molecule has 124 valence electrons. The van der Waals surface area contributed by atoms with Crippen LogP contribution in [0.15, 0.2) is 22.8 Å². The van der Waals surface area contributed by atoms with Crippen molar-refractivity contribution in [3.63, 3.8) is 0 Å². The maximum atomic E-state index is 10.4. The summed E-state index contributed by atoms with van der Waals surface area (Å²) in [6.45, 7) is 7.78. The Bertz CT molecular complexity index is 708. The van der Waals surface area contributed by atoms with E-state index in [1.165, 1.54) is 6.07 Å². The molecule has 1 fully saturated rings. The highest BCUT2D eigenvalue weighted by atomic mass is 79.9. The number of phenols is 2. The first-order valence-corrected chi connectivity index (χ1v) is 8.53. The molecule has 3 N–H and O–H groups in total. The molecule has 1 aliphatic rings. The fourth-order valence-corrected chi connectivity index (χ4v) is 3.23. The quantitative estimate of drug-likeness (QED) is 0.763. The second-order valence-corrected chi connectivity index (χ2v) is 6.83. The van der Waals surface area contributed by atoms with Gasteiger partial charge in [0.15, 0.2) is 0 Å². The molecule has 7 heteroatoms. The number of piperazine rings is 1. The van der Waals surface area contributed by atoms with Gasteiger partial charge in [0, 0.05) is 43.9 Å². The van der Waals surface area contributed by atoms with Gasteiger partial charge in [-0.05, 0) is 35.8 Å². The third kappa shape index (κ3) is 3.03. The van der Waals surface area contributed by atoms with E-state index in [0.717, 1.165) is 37.6 Å². The van der Waals surface area contributed by atoms with Crippen molar-refractivity contribution in [2.75, 3.05) is 31.1 Å². The maximum Gasteiger partial charge on any atom is 0.133 e. The number of hydrogen-bond donors (Lipinski definition) is 3. The Morgan fingerprint density at radius 3 is 2.52 bits per heavy atom. The Morgan fingerprint density at radius 1 is 1.17 bits per heavy atom. The topological polar surface area (TPSA) is 73.6 Å². The number of rotatable bonds is 3. The smallest absolute Gasteiger partial charge is 0.133 e. The molecule has 0 unspecified atom stereocenters. The van der Waals surface area contributed by atoms with Crippen molar-refractivity contribution in [3.8, 4) is 22.8 Å². The van der Waals surface area contributed by atoms with Crippen molar-refractivity contribution < 1.29 is 10.2 Å². The molecule has 2 heterocycles. The van der Waals surface area contributed by atoms with Gasteiger partial charge in [0.1, 0.15) is 11.5 Å². The largest absolute Gasteiger partial charge is 0.507 e. The molecule has 0 saturated carbocycles. The predicted molar refractivity (Wildman–Crippen MR) is 94.2 cm³/mol. The monoisotopic (exact) mass is 380 g/mol. The van der Waals surface area contributed by atoms with Gasteiger partial charge in [0.2, 0.25) is 0 Å². The average molecular weight is 381 g/mol. The number of nitrogens with zero attached hydrogens (tertiary/aromatic N) is 3. The fourth-order valence-electron chi connectivity index (χ4n) is 2.88. The van der Waals surface area contributed by atoms with Crippen LogP contribution in [-0.4, -0.2) is 46.2 Å². The van der Waals surface area contributed by atoms with Crippen LogP contribution < -0.4 is 10.2 Å². The van der Waals surface area contributed by atoms with Crippen LogP contribution in [0.3, 0.4) is 0 Å². The number of phenolic OH excluding ortho intramolecular Hbond substituents is 2. The lowest BCUT2D eigenvalue weighted by Gasteiger charge is -2.29. The van der Waals surface area contributed by atoms with E-state index in [2.05, 4.69) is 45.1 Å². The minimum Gasteiger partial charge on any atom is -0.507 e. The molecule has 0 radical (unpaired) electrons. The number of benzene rings is 1. The Balaban J connectivity index is 2.16. The van der Waals surface area contributed by atoms with Gasteiger partial charge < -0.3 is 20.4 Å². The molecule has 0 bridgehead atoms. The summed E-state index contributed by atoms with van der Waals surface area (Å²) < 4.78 is 2.46. The van der Waals surface area contributed by atoms with E-state index in [0.29, 0.717) is 10.0 Å².